The van der Waals surface area contributed by atoms with Crippen LogP contribution in [0.5, 0.6) is 34.8 Å². The van der Waals surface area contributed by atoms with Gasteiger partial charge < -0.3 is 49.0 Å². The average Bonchev–Trinajstić information content (AvgIpc) is 1.61. The van der Waals surface area contributed by atoms with Crippen LogP contribution in [-0.2, 0) is 97.1 Å². The van der Waals surface area contributed by atoms with Gasteiger partial charge in [0.1, 0.15) is 22.5 Å². The molecule has 140 heavy (non-hydrogen) atoms. The molecule has 2 aliphatic heterocycles. The molecule has 0 spiro atoms. The van der Waals surface area contributed by atoms with Crippen LogP contribution in [-0.4, -0.2) is 50.1 Å². The number of rotatable bonds is 18. The summed E-state index contributed by atoms with van der Waals surface area (Å²) in [6.45, 7) is 0. The molecule has 686 valence electrons. The summed E-state index contributed by atoms with van der Waals surface area (Å²) in [6.07, 6.45) is 12.8. The number of aromatic hydroxyl groups is 2. The summed E-state index contributed by atoms with van der Waals surface area (Å²) in [5, 5.41) is 34.5. The topological polar surface area (TPSA) is 223 Å². The van der Waals surface area contributed by atoms with Gasteiger partial charge in [-0.15, -0.1) is 47.5 Å². The van der Waals surface area contributed by atoms with Gasteiger partial charge in [-0.05, 0) is 167 Å². The molecule has 0 radical (unpaired) electrons. The zero-order valence-corrected chi connectivity index (χ0v) is 83.2. The maximum atomic E-state index is 10.3. The van der Waals surface area contributed by atoms with Crippen molar-refractivity contribution in [3.05, 3.63) is 506 Å². The number of hydrogen-bond donors (Lipinski definition) is 2. The molecule has 10 heterocycles. The van der Waals surface area contributed by atoms with Crippen molar-refractivity contribution in [1.82, 2.24) is 39.9 Å². The molecular formula is C118H78N12O6Pt4. The Morgan fingerprint density at radius 3 is 1.12 bits per heavy atom. The van der Waals surface area contributed by atoms with E-state index in [1.807, 2.05) is 328 Å². The Morgan fingerprint density at radius 2 is 0.686 bits per heavy atom. The van der Waals surface area contributed by atoms with Crippen LogP contribution < -0.4 is 19.3 Å². The Labute approximate surface area is 865 Å². The third kappa shape index (κ3) is 21.9. The van der Waals surface area contributed by atoms with Gasteiger partial charge in [-0.25, -0.2) is 52.2 Å². The predicted molar refractivity (Wildman–Crippen MR) is 538 cm³/mol. The molecule has 0 saturated heterocycles. The summed E-state index contributed by atoms with van der Waals surface area (Å²) in [6, 6.07) is 144. The first-order chi connectivity index (χ1) is 67.2. The molecule has 24 rings (SSSR count). The summed E-state index contributed by atoms with van der Waals surface area (Å²) in [7, 11) is 0. The van der Waals surface area contributed by atoms with Crippen LogP contribution >= 0.6 is 0 Å². The molecule has 18 nitrogen and oxygen atoms in total. The minimum absolute atomic E-state index is 0. The first kappa shape index (κ1) is 95.8. The molecule has 0 fully saturated rings. The molecule has 0 atom stereocenters. The molecule has 14 aromatic carbocycles. The fourth-order valence-electron chi connectivity index (χ4n) is 16.3. The third-order valence-corrected chi connectivity index (χ3v) is 22.7. The Balaban J connectivity index is 0.000000130. The molecule has 0 aliphatic carbocycles. The van der Waals surface area contributed by atoms with Crippen LogP contribution in [0.4, 0.5) is 34.1 Å². The van der Waals surface area contributed by atoms with Crippen molar-refractivity contribution in [2.75, 3.05) is 9.80 Å². The van der Waals surface area contributed by atoms with Crippen LogP contribution in [0.3, 0.4) is 0 Å². The molecule has 22 aromatic rings. The first-order valence-electron chi connectivity index (χ1n) is 44.2. The van der Waals surface area contributed by atoms with Gasteiger partial charge in [0.05, 0.1) is 22.8 Å². The number of hydrogen-bond acceptors (Lipinski definition) is 16. The van der Waals surface area contributed by atoms with E-state index in [0.29, 0.717) is 56.6 Å². The van der Waals surface area contributed by atoms with Gasteiger partial charge in [0.2, 0.25) is 11.8 Å². The minimum Gasteiger partial charge on any atom is -0.507 e. The number of ether oxygens (including phenoxy) is 2. The van der Waals surface area contributed by atoms with Crippen LogP contribution in [0, 0.1) is 24.3 Å². The molecule has 8 aromatic heterocycles. The van der Waals surface area contributed by atoms with Crippen molar-refractivity contribution in [2.24, 2.45) is 0 Å². The minimum atomic E-state index is 0. The van der Waals surface area contributed by atoms with Crippen molar-refractivity contribution in [3.8, 4) is 102 Å². The number of oxazole rings is 2. The summed E-state index contributed by atoms with van der Waals surface area (Å²) in [5.74, 6) is 4.70. The number of fused-ring (bicyclic) bond motifs is 6. The van der Waals surface area contributed by atoms with Gasteiger partial charge in [-0.1, -0.05) is 242 Å². The van der Waals surface area contributed by atoms with E-state index in [-0.39, 0.29) is 108 Å². The maximum Gasteiger partial charge on any atom is 2.00 e. The SMILES string of the molecule is C(=C1[N-]c2ccccc2N1c1ccccc1)c1cccc(-c2cccc(C=C3[N-]c4ccccc4N3c3ccccc3)n2)n1.Oc1ccccc1-c1cccc2oc(-c3nc4c(-c5ccccc5O)cccc4o3)nc12.[Pt+2].[Pt+2].[Pt+2].[Pt].[c-]1c(Cc2ccccn2)cccc1-c1[c-]c(Cc2ccccn2)ccc1.[c-]1c(Oc2nccc3ccccc23)cccc1-c1[c-]c(Oc2nccc3ccccc23)ccc1. The number of phenols is 2. The average molecular weight is 2540 g/mol. The Kier molecular flexibility index (Phi) is 30.7. The molecule has 0 amide bonds. The van der Waals surface area contributed by atoms with E-state index in [1.165, 1.54) is 0 Å². The zero-order chi connectivity index (χ0) is 91.3. The summed E-state index contributed by atoms with van der Waals surface area (Å²) < 4.78 is 24.1. The fraction of sp³-hybridized carbons (Fsp3) is 0.0169. The number of anilines is 4. The summed E-state index contributed by atoms with van der Waals surface area (Å²) in [4.78, 5) is 41.2. The number of phenolic OH excluding ortho intramolecular Hbond substituents is 2. The van der Waals surface area contributed by atoms with Gasteiger partial charge in [0.25, 0.3) is 11.8 Å². The van der Waals surface area contributed by atoms with Crippen molar-refractivity contribution in [1.29, 1.82) is 0 Å². The van der Waals surface area contributed by atoms with Gasteiger partial charge in [-0.2, -0.15) is 60.7 Å². The van der Waals surface area contributed by atoms with E-state index < -0.39 is 0 Å². The van der Waals surface area contributed by atoms with E-state index in [4.69, 9.17) is 38.9 Å². The first-order valence-corrected chi connectivity index (χ1v) is 44.2. The molecule has 2 aliphatic rings. The van der Waals surface area contributed by atoms with Crippen molar-refractivity contribution in [2.45, 2.75) is 12.8 Å². The van der Waals surface area contributed by atoms with E-state index >= 15 is 0 Å². The predicted octanol–water partition coefficient (Wildman–Crippen LogP) is 29.4. The van der Waals surface area contributed by atoms with Crippen LogP contribution in [0.25, 0.3) is 134 Å². The molecule has 0 unspecified atom stereocenters. The molecule has 0 bridgehead atoms. The largest absolute Gasteiger partial charge is 2.00 e. The van der Waals surface area contributed by atoms with Crippen molar-refractivity contribution in [3.63, 3.8) is 0 Å². The quantitative estimate of drug-likeness (QED) is 0.0762. The smallest absolute Gasteiger partial charge is 0.507 e. The second-order valence-corrected chi connectivity index (χ2v) is 31.7. The maximum absolute atomic E-state index is 10.3. The van der Waals surface area contributed by atoms with Crippen molar-refractivity contribution >= 4 is 90.0 Å². The van der Waals surface area contributed by atoms with E-state index in [0.717, 1.165) is 159 Å². The number of nitrogens with zero attached hydrogens (tertiary/aromatic N) is 12. The molecule has 2 N–H and O–H groups in total. The molecule has 22 heteroatoms. The standard InChI is InChI=1S/C38H26N6.C30H18N2O2.C26H16N2O4.C24H18N2.4Pt/c1-3-15-29(16-4-1)43-35-23-9-7-19-33(35)41-37(43)25-27-13-11-21-31(39-27)32-22-12-14-28(40-32)26-38-42-34-20-8-10-24-36(34)44(38)30-17-5-2-6-18-30;1-3-13-27-21(7-1)15-17-31-29(27)33-25-11-5-9-23(19-25)24-10-6-12-26(20-24)34-30-28-14-4-2-8-22(28)16-18-32-30;29-19-11-3-1-7-15(19)17-9-5-13-21-23(17)27-25(31-21)26-28-24-18(10-6-14-22(24)32-26)16-8-2-4-12-20(16)30;1-3-13-25-23(11-1)17-19-7-5-9-21(15-19)22-10-6-8-20(16-22)18-24-12-2-4-14-26-24;;;;/h1-26H;1-18H;1-14,29-30H;1-14H,17-18H2;;;;/q2*-2;;-2;;3*+2. The number of pyridine rings is 6. The van der Waals surface area contributed by atoms with Crippen LogP contribution in [0.15, 0.2) is 446 Å². The molecule has 0 saturated carbocycles. The summed E-state index contributed by atoms with van der Waals surface area (Å²) >= 11 is 0. The van der Waals surface area contributed by atoms with Crippen LogP contribution in [0.2, 0.25) is 0 Å². The second-order valence-electron chi connectivity index (χ2n) is 31.7. The van der Waals surface area contributed by atoms with E-state index in [1.54, 1.807) is 36.7 Å². The number of aromatic nitrogens is 8. The normalized spacial score (nSPS) is 12.0. The Hall–Kier alpha value is -15.9. The van der Waals surface area contributed by atoms with Crippen LogP contribution in [0.1, 0.15) is 33.9 Å². The van der Waals surface area contributed by atoms with Gasteiger partial charge in [0.15, 0.2) is 11.2 Å². The number of benzene rings is 14. The van der Waals surface area contributed by atoms with E-state index in [2.05, 4.69) is 137 Å². The Morgan fingerprint density at radius 1 is 0.314 bits per heavy atom. The van der Waals surface area contributed by atoms with E-state index in [9.17, 15) is 10.2 Å². The van der Waals surface area contributed by atoms with Gasteiger partial charge in [0, 0.05) is 102 Å². The zero-order valence-electron chi connectivity index (χ0n) is 74.1. The van der Waals surface area contributed by atoms with Gasteiger partial charge in [-0.3, -0.25) is 9.97 Å². The second kappa shape index (κ2) is 44.9. The number of para-hydroxylation sites is 10. The monoisotopic (exact) mass is 2540 g/mol. The van der Waals surface area contributed by atoms with Crippen molar-refractivity contribution < 1.29 is 113 Å². The molecular weight excluding hydrogens is 2460 g/mol. The van der Waals surface area contributed by atoms with Gasteiger partial charge >= 0.3 is 63.2 Å². The summed E-state index contributed by atoms with van der Waals surface area (Å²) in [5.41, 5.74) is 22.6. The fourth-order valence-corrected chi connectivity index (χ4v) is 16.3. The third-order valence-electron chi connectivity index (χ3n) is 22.7. The Bertz CT molecular complexity index is 7680.